The average molecular weight is 198 g/mol. The number of rotatable bonds is 7. The van der Waals surface area contributed by atoms with Crippen LogP contribution in [0.3, 0.4) is 0 Å². The molecule has 1 rings (SSSR count). The molecular weight excluding hydrogens is 180 g/mol. The van der Waals surface area contributed by atoms with E-state index in [2.05, 4.69) is 24.1 Å². The summed E-state index contributed by atoms with van der Waals surface area (Å²) >= 11 is 0. The number of aromatic nitrogens is 1. The maximum Gasteiger partial charge on any atom is 0.180 e. The Bertz CT molecular complexity index is 222. The quantitative estimate of drug-likeness (QED) is 0.673. The number of oxazole rings is 1. The molecule has 0 saturated carbocycles. The zero-order valence-corrected chi connectivity index (χ0v) is 8.82. The van der Waals surface area contributed by atoms with Gasteiger partial charge in [0.25, 0.3) is 0 Å². The molecule has 1 N–H and O–H groups in total. The van der Waals surface area contributed by atoms with Crippen LogP contribution in [0, 0.1) is 5.92 Å². The molecule has 0 saturated heterocycles. The van der Waals surface area contributed by atoms with Gasteiger partial charge < -0.3 is 14.5 Å². The second kappa shape index (κ2) is 6.56. The zero-order valence-electron chi connectivity index (χ0n) is 8.82. The minimum absolute atomic E-state index is 0.601. The molecule has 1 heterocycles. The summed E-state index contributed by atoms with van der Waals surface area (Å²) in [4.78, 5) is 3.82. The van der Waals surface area contributed by atoms with Crippen LogP contribution in [0.25, 0.3) is 0 Å². The van der Waals surface area contributed by atoms with Crippen molar-refractivity contribution < 1.29 is 9.15 Å². The summed E-state index contributed by atoms with van der Waals surface area (Å²) in [6.45, 7) is 7.40. The minimum atomic E-state index is 0.601. The highest BCUT2D eigenvalue weighted by Crippen LogP contribution is 1.94. The molecule has 80 valence electrons. The predicted molar refractivity (Wildman–Crippen MR) is 53.9 cm³/mol. The topological polar surface area (TPSA) is 47.3 Å². The summed E-state index contributed by atoms with van der Waals surface area (Å²) < 4.78 is 10.5. The predicted octanol–water partition coefficient (Wildman–Crippen LogP) is 1.44. The van der Waals surface area contributed by atoms with Crippen LogP contribution in [0.1, 0.15) is 19.6 Å². The monoisotopic (exact) mass is 198 g/mol. The normalized spacial score (nSPS) is 11.1. The smallest absolute Gasteiger partial charge is 0.180 e. The van der Waals surface area contributed by atoms with Crippen molar-refractivity contribution >= 4 is 0 Å². The minimum Gasteiger partial charge on any atom is -0.447 e. The molecule has 0 radical (unpaired) electrons. The Morgan fingerprint density at radius 1 is 1.57 bits per heavy atom. The molecule has 1 aromatic heterocycles. The second-order valence-corrected chi connectivity index (χ2v) is 3.61. The van der Waals surface area contributed by atoms with Gasteiger partial charge in [-0.05, 0) is 5.92 Å². The molecule has 4 heteroatoms. The first-order valence-electron chi connectivity index (χ1n) is 4.95. The van der Waals surface area contributed by atoms with E-state index in [0.29, 0.717) is 12.5 Å². The molecule has 0 fully saturated rings. The molecule has 14 heavy (non-hydrogen) atoms. The van der Waals surface area contributed by atoms with Gasteiger partial charge in [-0.3, -0.25) is 0 Å². The molecule has 0 spiro atoms. The van der Waals surface area contributed by atoms with Crippen LogP contribution in [0.4, 0.5) is 0 Å². The van der Waals surface area contributed by atoms with Gasteiger partial charge in [-0.1, -0.05) is 13.8 Å². The zero-order chi connectivity index (χ0) is 10.2. The van der Waals surface area contributed by atoms with Gasteiger partial charge in [0.1, 0.15) is 5.76 Å². The standard InChI is InChI=1S/C10H18N2O2/c1-9(2)7-13-4-3-11-5-10-6-12-8-14-10/h6,8-9,11H,3-5,7H2,1-2H3. The van der Waals surface area contributed by atoms with Gasteiger partial charge in [-0.15, -0.1) is 0 Å². The molecular formula is C10H18N2O2. The van der Waals surface area contributed by atoms with E-state index in [0.717, 1.165) is 25.5 Å². The van der Waals surface area contributed by atoms with Crippen LogP contribution < -0.4 is 5.32 Å². The Labute approximate surface area is 84.7 Å². The Hall–Kier alpha value is -0.870. The van der Waals surface area contributed by atoms with Crippen molar-refractivity contribution in [1.29, 1.82) is 0 Å². The largest absolute Gasteiger partial charge is 0.447 e. The van der Waals surface area contributed by atoms with Crippen molar-refractivity contribution in [2.24, 2.45) is 5.92 Å². The molecule has 0 atom stereocenters. The van der Waals surface area contributed by atoms with E-state index in [1.165, 1.54) is 6.39 Å². The van der Waals surface area contributed by atoms with E-state index in [9.17, 15) is 0 Å². The summed E-state index contributed by atoms with van der Waals surface area (Å²) in [7, 11) is 0. The SMILES string of the molecule is CC(C)COCCNCc1cnco1. The second-order valence-electron chi connectivity index (χ2n) is 3.61. The van der Waals surface area contributed by atoms with Crippen molar-refractivity contribution in [1.82, 2.24) is 10.3 Å². The van der Waals surface area contributed by atoms with Crippen LogP contribution in [0.5, 0.6) is 0 Å². The van der Waals surface area contributed by atoms with Crippen LogP contribution in [-0.4, -0.2) is 24.7 Å². The summed E-state index contributed by atoms with van der Waals surface area (Å²) in [5, 5.41) is 3.20. The van der Waals surface area contributed by atoms with Gasteiger partial charge in [0.15, 0.2) is 6.39 Å². The lowest BCUT2D eigenvalue weighted by atomic mass is 10.2. The fourth-order valence-electron chi connectivity index (χ4n) is 1.00. The third-order valence-corrected chi connectivity index (χ3v) is 1.66. The van der Waals surface area contributed by atoms with E-state index in [4.69, 9.17) is 9.15 Å². The summed E-state index contributed by atoms with van der Waals surface area (Å²) in [5.74, 6) is 1.46. The van der Waals surface area contributed by atoms with E-state index >= 15 is 0 Å². The lowest BCUT2D eigenvalue weighted by molar-refractivity contribution is 0.111. The van der Waals surface area contributed by atoms with Crippen molar-refractivity contribution in [2.45, 2.75) is 20.4 Å². The Balaban J connectivity index is 1.90. The summed E-state index contributed by atoms with van der Waals surface area (Å²) in [6.07, 6.45) is 3.15. The van der Waals surface area contributed by atoms with Gasteiger partial charge >= 0.3 is 0 Å². The first-order valence-corrected chi connectivity index (χ1v) is 4.95. The van der Waals surface area contributed by atoms with Crippen LogP contribution in [0.2, 0.25) is 0 Å². The highest BCUT2D eigenvalue weighted by molar-refractivity contribution is 4.86. The molecule has 0 aliphatic rings. The number of nitrogens with one attached hydrogen (secondary N) is 1. The van der Waals surface area contributed by atoms with E-state index in [1.807, 2.05) is 0 Å². The van der Waals surface area contributed by atoms with Crippen molar-refractivity contribution in [3.63, 3.8) is 0 Å². The van der Waals surface area contributed by atoms with Gasteiger partial charge in [-0.2, -0.15) is 0 Å². The lowest BCUT2D eigenvalue weighted by Gasteiger charge is -2.06. The van der Waals surface area contributed by atoms with Crippen molar-refractivity contribution in [3.8, 4) is 0 Å². The number of hydrogen-bond acceptors (Lipinski definition) is 4. The van der Waals surface area contributed by atoms with Gasteiger partial charge in [-0.25, -0.2) is 4.98 Å². The lowest BCUT2D eigenvalue weighted by Crippen LogP contribution is -2.19. The first kappa shape index (κ1) is 11.2. The van der Waals surface area contributed by atoms with Crippen LogP contribution >= 0.6 is 0 Å². The van der Waals surface area contributed by atoms with Crippen molar-refractivity contribution in [2.75, 3.05) is 19.8 Å². The Morgan fingerprint density at radius 2 is 2.43 bits per heavy atom. The third kappa shape index (κ3) is 4.99. The Morgan fingerprint density at radius 3 is 3.07 bits per heavy atom. The van der Waals surface area contributed by atoms with Gasteiger partial charge in [0.05, 0.1) is 19.3 Å². The van der Waals surface area contributed by atoms with E-state index in [1.54, 1.807) is 6.20 Å². The van der Waals surface area contributed by atoms with Crippen LogP contribution in [-0.2, 0) is 11.3 Å². The number of ether oxygens (including phenoxy) is 1. The molecule has 1 aromatic rings. The Kier molecular flexibility index (Phi) is 5.25. The first-order chi connectivity index (χ1) is 6.79. The average Bonchev–Trinajstić information content (AvgIpc) is 2.63. The molecule has 0 unspecified atom stereocenters. The van der Waals surface area contributed by atoms with Crippen molar-refractivity contribution in [3.05, 3.63) is 18.4 Å². The van der Waals surface area contributed by atoms with Gasteiger partial charge in [0, 0.05) is 13.2 Å². The molecule has 0 bridgehead atoms. The number of hydrogen-bond donors (Lipinski definition) is 1. The fraction of sp³-hybridized carbons (Fsp3) is 0.700. The molecule has 0 aromatic carbocycles. The highest BCUT2D eigenvalue weighted by atomic mass is 16.5. The number of nitrogens with zero attached hydrogens (tertiary/aromatic N) is 1. The van der Waals surface area contributed by atoms with E-state index in [-0.39, 0.29) is 0 Å². The van der Waals surface area contributed by atoms with Crippen LogP contribution in [0.15, 0.2) is 17.0 Å². The molecule has 0 aliphatic carbocycles. The highest BCUT2D eigenvalue weighted by Gasteiger charge is 1.96. The fourth-order valence-corrected chi connectivity index (χ4v) is 1.00. The maximum atomic E-state index is 5.41. The maximum absolute atomic E-state index is 5.41. The summed E-state index contributed by atoms with van der Waals surface area (Å²) in [5.41, 5.74) is 0. The molecule has 0 amide bonds. The molecule has 0 aliphatic heterocycles. The van der Waals surface area contributed by atoms with Gasteiger partial charge in [0.2, 0.25) is 0 Å². The third-order valence-electron chi connectivity index (χ3n) is 1.66. The summed E-state index contributed by atoms with van der Waals surface area (Å²) in [6, 6.07) is 0. The molecule has 4 nitrogen and oxygen atoms in total. The van der Waals surface area contributed by atoms with E-state index < -0.39 is 0 Å².